The van der Waals surface area contributed by atoms with Crippen LogP contribution < -0.4 is 5.32 Å². The van der Waals surface area contributed by atoms with Gasteiger partial charge in [-0.25, -0.2) is 4.98 Å². The van der Waals surface area contributed by atoms with Gasteiger partial charge in [-0.2, -0.15) is 4.39 Å². The van der Waals surface area contributed by atoms with Crippen LogP contribution >= 0.6 is 0 Å². The summed E-state index contributed by atoms with van der Waals surface area (Å²) in [7, 11) is 0. The fraction of sp³-hybridized carbons (Fsp3) is 0.231. The third-order valence-electron chi connectivity index (χ3n) is 2.41. The highest BCUT2D eigenvalue weighted by atomic mass is 19.1. The number of rotatable bonds is 4. The standard InChI is InChI=1S/C13H13FN2O2/c1-9(8-10-4-3-7-18-10)15-13(17)11-5-2-6-12(14)16-11/h2-7,9H,8H2,1H3,(H,15,17). The van der Waals surface area contributed by atoms with Gasteiger partial charge in [0.25, 0.3) is 5.91 Å². The van der Waals surface area contributed by atoms with E-state index in [0.29, 0.717) is 6.42 Å². The topological polar surface area (TPSA) is 55.1 Å². The first kappa shape index (κ1) is 12.3. The van der Waals surface area contributed by atoms with Crippen molar-refractivity contribution in [2.24, 2.45) is 0 Å². The number of amides is 1. The van der Waals surface area contributed by atoms with E-state index in [2.05, 4.69) is 10.3 Å². The van der Waals surface area contributed by atoms with Crippen molar-refractivity contribution < 1.29 is 13.6 Å². The van der Waals surface area contributed by atoms with E-state index in [1.165, 1.54) is 18.2 Å². The van der Waals surface area contributed by atoms with E-state index >= 15 is 0 Å². The summed E-state index contributed by atoms with van der Waals surface area (Å²) in [5, 5.41) is 2.73. The molecule has 0 aromatic carbocycles. The Morgan fingerprint density at radius 2 is 2.28 bits per heavy atom. The molecule has 1 atom stereocenters. The number of hydrogen-bond acceptors (Lipinski definition) is 3. The zero-order chi connectivity index (χ0) is 13.0. The predicted octanol–water partition coefficient (Wildman–Crippen LogP) is 2.17. The second kappa shape index (κ2) is 5.44. The molecule has 0 saturated heterocycles. The van der Waals surface area contributed by atoms with Crippen LogP contribution in [0.1, 0.15) is 23.2 Å². The molecular weight excluding hydrogens is 235 g/mol. The molecule has 0 spiro atoms. The summed E-state index contributed by atoms with van der Waals surface area (Å²) in [6.45, 7) is 1.85. The summed E-state index contributed by atoms with van der Waals surface area (Å²) < 4.78 is 18.0. The fourth-order valence-electron chi connectivity index (χ4n) is 1.61. The van der Waals surface area contributed by atoms with Crippen LogP contribution in [0, 0.1) is 5.95 Å². The predicted molar refractivity (Wildman–Crippen MR) is 63.5 cm³/mol. The number of aromatic nitrogens is 1. The lowest BCUT2D eigenvalue weighted by Crippen LogP contribution is -2.34. The van der Waals surface area contributed by atoms with Gasteiger partial charge in [0.05, 0.1) is 6.26 Å². The van der Waals surface area contributed by atoms with Crippen molar-refractivity contribution >= 4 is 5.91 Å². The largest absolute Gasteiger partial charge is 0.469 e. The average molecular weight is 248 g/mol. The van der Waals surface area contributed by atoms with Gasteiger partial charge in [-0.05, 0) is 31.2 Å². The van der Waals surface area contributed by atoms with Crippen molar-refractivity contribution in [1.82, 2.24) is 10.3 Å². The molecule has 0 saturated carbocycles. The van der Waals surface area contributed by atoms with E-state index < -0.39 is 11.9 Å². The van der Waals surface area contributed by atoms with Gasteiger partial charge in [-0.1, -0.05) is 6.07 Å². The second-order valence-corrected chi connectivity index (χ2v) is 4.00. The van der Waals surface area contributed by atoms with E-state index in [1.54, 1.807) is 12.3 Å². The SMILES string of the molecule is CC(Cc1ccco1)NC(=O)c1cccc(F)n1. The molecule has 0 bridgehead atoms. The third-order valence-corrected chi connectivity index (χ3v) is 2.41. The molecule has 1 amide bonds. The number of carbonyl (C=O) groups excluding carboxylic acids is 1. The Bertz CT molecular complexity index is 526. The summed E-state index contributed by atoms with van der Waals surface area (Å²) >= 11 is 0. The first-order chi connectivity index (χ1) is 8.65. The van der Waals surface area contributed by atoms with Gasteiger partial charge in [0, 0.05) is 12.5 Å². The first-order valence-corrected chi connectivity index (χ1v) is 5.61. The van der Waals surface area contributed by atoms with E-state index in [-0.39, 0.29) is 11.7 Å². The number of carbonyl (C=O) groups is 1. The summed E-state index contributed by atoms with van der Waals surface area (Å²) in [6.07, 6.45) is 2.16. The Balaban J connectivity index is 1.95. The van der Waals surface area contributed by atoms with Crippen LogP contribution in [0.2, 0.25) is 0 Å². The summed E-state index contributed by atoms with van der Waals surface area (Å²) in [5.74, 6) is -0.273. The normalized spacial score (nSPS) is 12.1. The molecule has 94 valence electrons. The van der Waals surface area contributed by atoms with Gasteiger partial charge in [-0.15, -0.1) is 0 Å². The molecule has 0 aliphatic rings. The maximum absolute atomic E-state index is 12.9. The van der Waals surface area contributed by atoms with Crippen LogP contribution in [0.25, 0.3) is 0 Å². The second-order valence-electron chi connectivity index (χ2n) is 4.00. The molecule has 0 aliphatic carbocycles. The summed E-state index contributed by atoms with van der Waals surface area (Å²) in [5.41, 5.74) is 0.0706. The van der Waals surface area contributed by atoms with Gasteiger partial charge in [0.2, 0.25) is 5.95 Å². The van der Waals surface area contributed by atoms with Crippen LogP contribution in [0.5, 0.6) is 0 Å². The van der Waals surface area contributed by atoms with E-state index in [9.17, 15) is 9.18 Å². The molecule has 0 aliphatic heterocycles. The van der Waals surface area contributed by atoms with Crippen molar-refractivity contribution in [1.29, 1.82) is 0 Å². The molecule has 0 radical (unpaired) electrons. The van der Waals surface area contributed by atoms with Crippen LogP contribution in [0.4, 0.5) is 4.39 Å². The van der Waals surface area contributed by atoms with Gasteiger partial charge >= 0.3 is 0 Å². The number of furan rings is 1. The van der Waals surface area contributed by atoms with Crippen molar-refractivity contribution in [3.8, 4) is 0 Å². The Morgan fingerprint density at radius 1 is 1.44 bits per heavy atom. The minimum atomic E-state index is -0.665. The average Bonchev–Trinajstić information content (AvgIpc) is 2.81. The number of nitrogens with zero attached hydrogens (tertiary/aromatic N) is 1. The molecular formula is C13H13FN2O2. The summed E-state index contributed by atoms with van der Waals surface area (Å²) in [6, 6.07) is 7.63. The van der Waals surface area contributed by atoms with E-state index in [0.717, 1.165) is 5.76 Å². The highest BCUT2D eigenvalue weighted by molar-refractivity contribution is 5.92. The van der Waals surface area contributed by atoms with Crippen molar-refractivity contribution in [3.05, 3.63) is 54.0 Å². The molecule has 1 unspecified atom stereocenters. The van der Waals surface area contributed by atoms with E-state index in [4.69, 9.17) is 4.42 Å². The van der Waals surface area contributed by atoms with Crippen LogP contribution in [0.3, 0.4) is 0 Å². The maximum Gasteiger partial charge on any atom is 0.270 e. The fourth-order valence-corrected chi connectivity index (χ4v) is 1.61. The minimum Gasteiger partial charge on any atom is -0.469 e. The van der Waals surface area contributed by atoms with Gasteiger partial charge in [0.15, 0.2) is 0 Å². The minimum absolute atomic E-state index is 0.0706. The molecule has 2 aromatic heterocycles. The zero-order valence-electron chi connectivity index (χ0n) is 9.89. The lowest BCUT2D eigenvalue weighted by atomic mass is 10.2. The highest BCUT2D eigenvalue weighted by Gasteiger charge is 2.12. The summed E-state index contributed by atoms with van der Waals surface area (Å²) in [4.78, 5) is 15.3. The number of halogens is 1. The molecule has 4 nitrogen and oxygen atoms in total. The Morgan fingerprint density at radius 3 is 2.94 bits per heavy atom. The molecule has 2 rings (SSSR count). The Kier molecular flexibility index (Phi) is 3.72. The van der Waals surface area contributed by atoms with Crippen LogP contribution in [-0.4, -0.2) is 16.9 Å². The lowest BCUT2D eigenvalue weighted by molar-refractivity contribution is 0.0933. The lowest BCUT2D eigenvalue weighted by Gasteiger charge is -2.11. The Hall–Kier alpha value is -2.17. The molecule has 5 heteroatoms. The first-order valence-electron chi connectivity index (χ1n) is 5.61. The van der Waals surface area contributed by atoms with Gasteiger partial charge in [-0.3, -0.25) is 4.79 Å². The maximum atomic E-state index is 12.9. The highest BCUT2D eigenvalue weighted by Crippen LogP contribution is 2.05. The third kappa shape index (κ3) is 3.16. The smallest absolute Gasteiger partial charge is 0.270 e. The molecule has 18 heavy (non-hydrogen) atoms. The van der Waals surface area contributed by atoms with Gasteiger partial charge in [0.1, 0.15) is 11.5 Å². The molecule has 1 N–H and O–H groups in total. The van der Waals surface area contributed by atoms with Crippen LogP contribution in [0.15, 0.2) is 41.0 Å². The number of pyridine rings is 1. The van der Waals surface area contributed by atoms with E-state index in [1.807, 2.05) is 13.0 Å². The van der Waals surface area contributed by atoms with Crippen molar-refractivity contribution in [3.63, 3.8) is 0 Å². The molecule has 2 heterocycles. The zero-order valence-corrected chi connectivity index (χ0v) is 9.89. The number of hydrogen-bond donors (Lipinski definition) is 1. The van der Waals surface area contributed by atoms with Crippen LogP contribution in [-0.2, 0) is 6.42 Å². The van der Waals surface area contributed by atoms with Gasteiger partial charge < -0.3 is 9.73 Å². The molecule has 0 fully saturated rings. The quantitative estimate of drug-likeness (QED) is 0.844. The Labute approximate surface area is 104 Å². The van der Waals surface area contributed by atoms with Crippen molar-refractivity contribution in [2.45, 2.75) is 19.4 Å². The molecule has 2 aromatic rings. The number of nitrogens with one attached hydrogen (secondary N) is 1. The monoisotopic (exact) mass is 248 g/mol. The van der Waals surface area contributed by atoms with Crippen molar-refractivity contribution in [2.75, 3.05) is 0 Å².